The minimum Gasteiger partial charge on any atom is -0.313 e. The summed E-state index contributed by atoms with van der Waals surface area (Å²) in [5.41, 5.74) is 2.42. The highest BCUT2D eigenvalue weighted by Crippen LogP contribution is 2.01. The molecule has 5 nitrogen and oxygen atoms in total. The van der Waals surface area contributed by atoms with E-state index >= 15 is 0 Å². The summed E-state index contributed by atoms with van der Waals surface area (Å²) in [6.07, 6.45) is 4.65. The molecular formula is C14H20N4O. The Bertz CT molecular complexity index is 638. The lowest BCUT2D eigenvalue weighted by Gasteiger charge is -2.09. The summed E-state index contributed by atoms with van der Waals surface area (Å²) < 4.78 is 3.29. The average molecular weight is 260 g/mol. The summed E-state index contributed by atoms with van der Waals surface area (Å²) in [5, 5.41) is 7.51. The number of nitrogens with zero attached hydrogens (tertiary/aromatic N) is 3. The van der Waals surface area contributed by atoms with Crippen LogP contribution in [0.3, 0.4) is 0 Å². The maximum absolute atomic E-state index is 12.2. The van der Waals surface area contributed by atoms with Crippen LogP contribution in [-0.4, -0.2) is 27.3 Å². The van der Waals surface area contributed by atoms with Crippen LogP contribution in [0.2, 0.25) is 0 Å². The first-order chi connectivity index (χ1) is 9.11. The smallest absolute Gasteiger partial charge is 0.276 e. The van der Waals surface area contributed by atoms with Gasteiger partial charge in [-0.25, -0.2) is 4.52 Å². The van der Waals surface area contributed by atoms with E-state index in [1.807, 2.05) is 6.92 Å². The Morgan fingerprint density at radius 2 is 2.26 bits per heavy atom. The van der Waals surface area contributed by atoms with Crippen LogP contribution in [0.15, 0.2) is 35.4 Å². The van der Waals surface area contributed by atoms with Gasteiger partial charge in [-0.3, -0.25) is 4.79 Å². The van der Waals surface area contributed by atoms with Crippen LogP contribution in [0, 0.1) is 6.92 Å². The van der Waals surface area contributed by atoms with Gasteiger partial charge in [-0.2, -0.15) is 5.10 Å². The first-order valence-corrected chi connectivity index (χ1v) is 6.54. The maximum atomic E-state index is 12.2. The quantitative estimate of drug-likeness (QED) is 0.630. The molecule has 0 atom stereocenters. The SMILES string of the molecule is C=C(CNCCC)Cn1ccn2nc(C)cc2c1=O. The Balaban J connectivity index is 2.14. The van der Waals surface area contributed by atoms with Gasteiger partial charge in [0, 0.05) is 25.5 Å². The lowest BCUT2D eigenvalue weighted by Crippen LogP contribution is -2.25. The molecule has 2 heterocycles. The van der Waals surface area contributed by atoms with E-state index < -0.39 is 0 Å². The molecule has 0 saturated carbocycles. The van der Waals surface area contributed by atoms with Crippen LogP contribution in [0.1, 0.15) is 19.0 Å². The molecule has 0 aliphatic heterocycles. The molecule has 0 aliphatic carbocycles. The van der Waals surface area contributed by atoms with Crippen molar-refractivity contribution >= 4 is 5.52 Å². The van der Waals surface area contributed by atoms with Crippen molar-refractivity contribution in [2.75, 3.05) is 13.1 Å². The molecule has 2 rings (SSSR count). The molecule has 0 unspecified atom stereocenters. The van der Waals surface area contributed by atoms with Gasteiger partial charge in [0.05, 0.1) is 5.69 Å². The third kappa shape index (κ3) is 3.12. The van der Waals surface area contributed by atoms with Crippen molar-refractivity contribution < 1.29 is 0 Å². The Labute approximate surface area is 112 Å². The summed E-state index contributed by atoms with van der Waals surface area (Å²) in [5.74, 6) is 0. The Morgan fingerprint density at radius 3 is 3.00 bits per heavy atom. The van der Waals surface area contributed by atoms with Crippen molar-refractivity contribution in [3.05, 3.63) is 46.7 Å². The second-order valence-electron chi connectivity index (χ2n) is 4.77. The van der Waals surface area contributed by atoms with E-state index in [1.165, 1.54) is 0 Å². The second-order valence-corrected chi connectivity index (χ2v) is 4.77. The third-order valence-corrected chi connectivity index (χ3v) is 2.92. The summed E-state index contributed by atoms with van der Waals surface area (Å²) in [4.78, 5) is 12.2. The van der Waals surface area contributed by atoms with Gasteiger partial charge in [-0.1, -0.05) is 13.5 Å². The molecule has 19 heavy (non-hydrogen) atoms. The first kappa shape index (κ1) is 13.5. The molecule has 0 aromatic carbocycles. The largest absolute Gasteiger partial charge is 0.313 e. The van der Waals surface area contributed by atoms with Crippen LogP contribution in [0.25, 0.3) is 5.52 Å². The zero-order valence-electron chi connectivity index (χ0n) is 11.5. The molecule has 2 aromatic rings. The van der Waals surface area contributed by atoms with Crippen LogP contribution < -0.4 is 10.9 Å². The molecule has 0 spiro atoms. The van der Waals surface area contributed by atoms with E-state index in [1.54, 1.807) is 27.5 Å². The lowest BCUT2D eigenvalue weighted by molar-refractivity contribution is 0.661. The lowest BCUT2D eigenvalue weighted by atomic mass is 10.3. The number of rotatable bonds is 6. The monoisotopic (exact) mass is 260 g/mol. The predicted molar refractivity (Wildman–Crippen MR) is 76.5 cm³/mol. The number of fused-ring (bicyclic) bond motifs is 1. The highest BCUT2D eigenvalue weighted by molar-refractivity contribution is 5.44. The zero-order valence-corrected chi connectivity index (χ0v) is 11.5. The van der Waals surface area contributed by atoms with Crippen LogP contribution >= 0.6 is 0 Å². The van der Waals surface area contributed by atoms with E-state index in [0.29, 0.717) is 12.1 Å². The van der Waals surface area contributed by atoms with Gasteiger partial charge < -0.3 is 9.88 Å². The topological polar surface area (TPSA) is 51.3 Å². The zero-order chi connectivity index (χ0) is 13.8. The van der Waals surface area contributed by atoms with Crippen LogP contribution in [0.5, 0.6) is 0 Å². The highest BCUT2D eigenvalue weighted by Gasteiger charge is 2.06. The van der Waals surface area contributed by atoms with Crippen molar-refractivity contribution in [1.82, 2.24) is 19.5 Å². The normalized spacial score (nSPS) is 11.1. The van der Waals surface area contributed by atoms with Crippen molar-refractivity contribution in [2.45, 2.75) is 26.8 Å². The molecule has 0 saturated heterocycles. The molecule has 0 bridgehead atoms. The van der Waals surface area contributed by atoms with E-state index in [4.69, 9.17) is 0 Å². The Morgan fingerprint density at radius 1 is 1.47 bits per heavy atom. The fourth-order valence-corrected chi connectivity index (χ4v) is 2.01. The number of hydrogen-bond acceptors (Lipinski definition) is 3. The third-order valence-electron chi connectivity index (χ3n) is 2.92. The molecule has 102 valence electrons. The average Bonchev–Trinajstić information content (AvgIpc) is 2.75. The van der Waals surface area contributed by atoms with Gasteiger partial charge in [0.1, 0.15) is 5.52 Å². The van der Waals surface area contributed by atoms with Crippen molar-refractivity contribution in [2.24, 2.45) is 0 Å². The van der Waals surface area contributed by atoms with Gasteiger partial charge in [-0.15, -0.1) is 0 Å². The Kier molecular flexibility index (Phi) is 4.16. The van der Waals surface area contributed by atoms with E-state index in [-0.39, 0.29) is 5.56 Å². The number of aryl methyl sites for hydroxylation is 1. The van der Waals surface area contributed by atoms with Gasteiger partial charge in [-0.05, 0) is 31.5 Å². The highest BCUT2D eigenvalue weighted by atomic mass is 16.1. The standard InChI is InChI=1S/C14H20N4O/c1-4-5-15-9-11(2)10-17-6-7-18-13(14(17)19)8-12(3)16-18/h6-8,15H,2,4-5,9-10H2,1,3H3. The summed E-state index contributed by atoms with van der Waals surface area (Å²) in [6, 6.07) is 1.80. The molecule has 5 heteroatoms. The molecule has 0 amide bonds. The van der Waals surface area contributed by atoms with Crippen molar-refractivity contribution in [3.63, 3.8) is 0 Å². The van der Waals surface area contributed by atoms with Crippen LogP contribution in [-0.2, 0) is 6.54 Å². The minimum atomic E-state index is -0.0280. The van der Waals surface area contributed by atoms with Gasteiger partial charge in [0.25, 0.3) is 5.56 Å². The van der Waals surface area contributed by atoms with E-state index in [0.717, 1.165) is 30.8 Å². The van der Waals surface area contributed by atoms with E-state index in [9.17, 15) is 4.79 Å². The molecule has 1 N–H and O–H groups in total. The predicted octanol–water partition coefficient (Wildman–Crippen LogP) is 1.36. The molecule has 0 radical (unpaired) electrons. The van der Waals surface area contributed by atoms with Crippen LogP contribution in [0.4, 0.5) is 0 Å². The fourth-order valence-electron chi connectivity index (χ4n) is 2.01. The van der Waals surface area contributed by atoms with E-state index in [2.05, 4.69) is 23.9 Å². The minimum absolute atomic E-state index is 0.0280. The maximum Gasteiger partial charge on any atom is 0.276 e. The second kappa shape index (κ2) is 5.84. The van der Waals surface area contributed by atoms with Crippen molar-refractivity contribution in [1.29, 1.82) is 0 Å². The van der Waals surface area contributed by atoms with Gasteiger partial charge >= 0.3 is 0 Å². The summed E-state index contributed by atoms with van der Waals surface area (Å²) in [7, 11) is 0. The molecule has 0 fully saturated rings. The summed E-state index contributed by atoms with van der Waals surface area (Å²) >= 11 is 0. The van der Waals surface area contributed by atoms with Crippen molar-refractivity contribution in [3.8, 4) is 0 Å². The molecular weight excluding hydrogens is 240 g/mol. The first-order valence-electron chi connectivity index (χ1n) is 6.54. The molecule has 0 aliphatic rings. The molecule has 2 aromatic heterocycles. The Hall–Kier alpha value is -1.88. The number of aromatic nitrogens is 3. The number of hydrogen-bond donors (Lipinski definition) is 1. The fraction of sp³-hybridized carbons (Fsp3) is 0.429. The van der Waals surface area contributed by atoms with Gasteiger partial charge in [0.15, 0.2) is 0 Å². The summed E-state index contributed by atoms with van der Waals surface area (Å²) in [6.45, 7) is 10.2. The number of nitrogens with one attached hydrogen (secondary N) is 1. The van der Waals surface area contributed by atoms with Gasteiger partial charge in [0.2, 0.25) is 0 Å².